The van der Waals surface area contributed by atoms with Gasteiger partial charge in [0.05, 0.1) is 11.9 Å². The largest absolute Gasteiger partial charge is 0.316 e. The van der Waals surface area contributed by atoms with Crippen LogP contribution in [0, 0.1) is 11.6 Å². The lowest BCUT2D eigenvalue weighted by molar-refractivity contribution is 0.422. The minimum Gasteiger partial charge on any atom is -0.316 e. The molecule has 10 heteroatoms. The van der Waals surface area contributed by atoms with Crippen LogP contribution in [0.2, 0.25) is 0 Å². The fraction of sp³-hybridized carbons (Fsp3) is 0.364. The Labute approximate surface area is 189 Å². The summed E-state index contributed by atoms with van der Waals surface area (Å²) in [6.07, 6.45) is 4.36. The highest BCUT2D eigenvalue weighted by Crippen LogP contribution is 2.34. The SMILES string of the molecule is CCn1ccc2c(c1=O)C(Cc1csc(-c3cc(F)cc(F)c3)n1)C(NS(C)(=O)=O)CC2. The van der Waals surface area contributed by atoms with Crippen molar-refractivity contribution in [2.45, 2.75) is 44.7 Å². The highest BCUT2D eigenvalue weighted by atomic mass is 32.2. The lowest BCUT2D eigenvalue weighted by Crippen LogP contribution is -2.45. The van der Waals surface area contributed by atoms with Crippen LogP contribution in [0.25, 0.3) is 10.6 Å². The number of hydrogen-bond acceptors (Lipinski definition) is 5. The van der Waals surface area contributed by atoms with Gasteiger partial charge >= 0.3 is 0 Å². The van der Waals surface area contributed by atoms with E-state index in [0.29, 0.717) is 47.6 Å². The highest BCUT2D eigenvalue weighted by Gasteiger charge is 2.34. The molecule has 3 aromatic rings. The maximum Gasteiger partial charge on any atom is 0.254 e. The van der Waals surface area contributed by atoms with Gasteiger partial charge in [-0.15, -0.1) is 11.3 Å². The maximum atomic E-state index is 13.6. The summed E-state index contributed by atoms with van der Waals surface area (Å²) >= 11 is 1.25. The number of hydrogen-bond donors (Lipinski definition) is 1. The Morgan fingerprint density at radius 3 is 2.62 bits per heavy atom. The van der Waals surface area contributed by atoms with Crippen LogP contribution < -0.4 is 10.3 Å². The summed E-state index contributed by atoms with van der Waals surface area (Å²) in [5.74, 6) is -1.77. The minimum absolute atomic E-state index is 0.127. The number of fused-ring (bicyclic) bond motifs is 1. The van der Waals surface area contributed by atoms with Crippen LogP contribution in [0.3, 0.4) is 0 Å². The summed E-state index contributed by atoms with van der Waals surface area (Å²) in [5.41, 5.74) is 2.37. The van der Waals surface area contributed by atoms with Gasteiger partial charge in [0.2, 0.25) is 10.0 Å². The standard InChI is InChI=1S/C22H23F2N3O3S2/c1-3-27-7-6-13-4-5-19(26-32(2,29)30)18(20(13)22(27)28)11-17-12-31-21(25-17)14-8-15(23)10-16(24)9-14/h6-10,12,18-19,26H,3-5,11H2,1-2H3. The average molecular weight is 480 g/mol. The monoisotopic (exact) mass is 479 g/mol. The number of pyridine rings is 1. The van der Waals surface area contributed by atoms with E-state index < -0.39 is 33.6 Å². The van der Waals surface area contributed by atoms with E-state index in [2.05, 4.69) is 9.71 Å². The molecule has 32 heavy (non-hydrogen) atoms. The molecule has 2 unspecified atom stereocenters. The number of halogens is 2. The maximum absolute atomic E-state index is 13.6. The number of sulfonamides is 1. The van der Waals surface area contributed by atoms with Gasteiger partial charge in [-0.25, -0.2) is 26.9 Å². The summed E-state index contributed by atoms with van der Waals surface area (Å²) in [6.45, 7) is 2.39. The minimum atomic E-state index is -3.49. The van der Waals surface area contributed by atoms with Gasteiger partial charge in [-0.05, 0) is 49.9 Å². The molecule has 0 saturated heterocycles. The van der Waals surface area contributed by atoms with Crippen LogP contribution in [-0.4, -0.2) is 30.3 Å². The first-order valence-corrected chi connectivity index (χ1v) is 13.0. The topological polar surface area (TPSA) is 81.1 Å². The Balaban J connectivity index is 1.73. The first-order valence-electron chi connectivity index (χ1n) is 10.2. The molecule has 0 radical (unpaired) electrons. The molecule has 0 amide bonds. The van der Waals surface area contributed by atoms with Crippen molar-refractivity contribution in [3.63, 3.8) is 0 Å². The first-order chi connectivity index (χ1) is 15.1. The van der Waals surface area contributed by atoms with Crippen LogP contribution >= 0.6 is 11.3 Å². The molecule has 0 aliphatic heterocycles. The molecule has 2 aromatic heterocycles. The Hall–Kier alpha value is -2.43. The van der Waals surface area contributed by atoms with Crippen LogP contribution in [0.4, 0.5) is 8.78 Å². The molecular formula is C22H23F2N3O3S2. The van der Waals surface area contributed by atoms with Crippen molar-refractivity contribution in [2.75, 3.05) is 6.26 Å². The molecule has 2 heterocycles. The zero-order chi connectivity index (χ0) is 23.0. The predicted molar refractivity (Wildman–Crippen MR) is 120 cm³/mol. The molecule has 1 aliphatic rings. The number of nitrogens with zero attached hydrogens (tertiary/aromatic N) is 2. The van der Waals surface area contributed by atoms with Gasteiger partial charge in [0.25, 0.3) is 5.56 Å². The van der Waals surface area contributed by atoms with Crippen LogP contribution in [0.1, 0.15) is 36.1 Å². The zero-order valence-electron chi connectivity index (χ0n) is 17.6. The Bertz CT molecular complexity index is 1300. The van der Waals surface area contributed by atoms with Crippen LogP contribution in [0.15, 0.2) is 40.6 Å². The molecule has 0 bridgehead atoms. The zero-order valence-corrected chi connectivity index (χ0v) is 19.3. The molecular weight excluding hydrogens is 456 g/mol. The normalized spacial score (nSPS) is 18.5. The third kappa shape index (κ3) is 4.82. The first kappa shape index (κ1) is 22.8. The van der Waals surface area contributed by atoms with E-state index in [1.165, 1.54) is 23.5 Å². The van der Waals surface area contributed by atoms with Crippen molar-refractivity contribution >= 4 is 21.4 Å². The number of aryl methyl sites for hydroxylation is 2. The third-order valence-corrected chi connectivity index (χ3v) is 7.34. The molecule has 0 spiro atoms. The molecule has 1 N–H and O–H groups in total. The summed E-state index contributed by atoms with van der Waals surface area (Å²) in [7, 11) is -3.49. The van der Waals surface area contributed by atoms with Gasteiger partial charge in [0.1, 0.15) is 16.6 Å². The van der Waals surface area contributed by atoms with Crippen LogP contribution in [-0.2, 0) is 29.4 Å². The van der Waals surface area contributed by atoms with Crippen molar-refractivity contribution in [1.29, 1.82) is 0 Å². The lowest BCUT2D eigenvalue weighted by Gasteiger charge is -2.33. The molecule has 1 aliphatic carbocycles. The van der Waals surface area contributed by atoms with Gasteiger partial charge < -0.3 is 4.57 Å². The fourth-order valence-corrected chi connectivity index (χ4v) is 5.96. The van der Waals surface area contributed by atoms with Crippen molar-refractivity contribution in [2.24, 2.45) is 0 Å². The second kappa shape index (κ2) is 8.84. The summed E-state index contributed by atoms with van der Waals surface area (Å²) < 4.78 is 55.5. The van der Waals surface area contributed by atoms with E-state index in [1.807, 2.05) is 13.0 Å². The summed E-state index contributed by atoms with van der Waals surface area (Å²) in [4.78, 5) is 17.7. The third-order valence-electron chi connectivity index (χ3n) is 5.67. The number of nitrogens with one attached hydrogen (secondary N) is 1. The van der Waals surface area contributed by atoms with Crippen LogP contribution in [0.5, 0.6) is 0 Å². The van der Waals surface area contributed by atoms with E-state index in [4.69, 9.17) is 0 Å². The highest BCUT2D eigenvalue weighted by molar-refractivity contribution is 7.88. The molecule has 0 saturated carbocycles. The van der Waals surface area contributed by atoms with E-state index in [9.17, 15) is 22.0 Å². The second-order valence-corrected chi connectivity index (χ2v) is 10.6. The van der Waals surface area contributed by atoms with Crippen molar-refractivity contribution in [1.82, 2.24) is 14.3 Å². The van der Waals surface area contributed by atoms with Gasteiger partial charge in [-0.2, -0.15) is 0 Å². The lowest BCUT2D eigenvalue weighted by atomic mass is 9.78. The van der Waals surface area contributed by atoms with Crippen molar-refractivity contribution in [3.8, 4) is 10.6 Å². The van der Waals surface area contributed by atoms with Crippen molar-refractivity contribution < 1.29 is 17.2 Å². The predicted octanol–water partition coefficient (Wildman–Crippen LogP) is 3.46. The van der Waals surface area contributed by atoms with E-state index >= 15 is 0 Å². The quantitative estimate of drug-likeness (QED) is 0.587. The fourth-order valence-electron chi connectivity index (χ4n) is 4.30. The molecule has 4 rings (SSSR count). The van der Waals surface area contributed by atoms with E-state index in [-0.39, 0.29) is 5.56 Å². The van der Waals surface area contributed by atoms with Gasteiger partial charge in [-0.3, -0.25) is 4.79 Å². The van der Waals surface area contributed by atoms with E-state index in [0.717, 1.165) is 17.9 Å². The summed E-state index contributed by atoms with van der Waals surface area (Å²) in [5, 5.41) is 2.24. The number of thiazole rings is 1. The Kier molecular flexibility index (Phi) is 6.28. The van der Waals surface area contributed by atoms with Gasteiger partial charge in [0, 0.05) is 47.3 Å². The van der Waals surface area contributed by atoms with Crippen molar-refractivity contribution in [3.05, 3.63) is 74.7 Å². The van der Waals surface area contributed by atoms with Gasteiger partial charge in [0.15, 0.2) is 0 Å². The second-order valence-electron chi connectivity index (χ2n) is 7.99. The molecule has 0 fully saturated rings. The number of benzene rings is 1. The number of rotatable bonds is 6. The molecule has 6 nitrogen and oxygen atoms in total. The summed E-state index contributed by atoms with van der Waals surface area (Å²) in [6, 6.07) is 4.71. The van der Waals surface area contributed by atoms with Gasteiger partial charge in [-0.1, -0.05) is 0 Å². The van der Waals surface area contributed by atoms with E-state index in [1.54, 1.807) is 16.1 Å². The Morgan fingerprint density at radius 1 is 1.25 bits per heavy atom. The molecule has 1 aromatic carbocycles. The number of aromatic nitrogens is 2. The molecule has 2 atom stereocenters. The smallest absolute Gasteiger partial charge is 0.254 e. The average Bonchev–Trinajstić information content (AvgIpc) is 3.17. The Morgan fingerprint density at radius 2 is 1.97 bits per heavy atom. The molecule has 170 valence electrons.